The summed E-state index contributed by atoms with van der Waals surface area (Å²) < 4.78 is 5.78. The summed E-state index contributed by atoms with van der Waals surface area (Å²) in [5.74, 6) is -0.464. The number of ether oxygens (including phenoxy) is 1. The molecule has 1 N–H and O–H groups in total. The Morgan fingerprint density at radius 3 is 2.94 bits per heavy atom. The van der Waals surface area contributed by atoms with Gasteiger partial charge in [-0.1, -0.05) is 19.1 Å². The van der Waals surface area contributed by atoms with E-state index in [0.717, 1.165) is 26.1 Å². The number of hydrogen-bond acceptors (Lipinski definition) is 3. The van der Waals surface area contributed by atoms with Gasteiger partial charge in [0.1, 0.15) is 17.4 Å². The zero-order valence-corrected chi connectivity index (χ0v) is 9.93. The summed E-state index contributed by atoms with van der Waals surface area (Å²) >= 11 is 0. The van der Waals surface area contributed by atoms with Gasteiger partial charge in [0, 0.05) is 13.1 Å². The molecule has 0 amide bonds. The standard InChI is InChI=1S/C13H17NO3/c1-2-14-8-7-10(9-14)17-12-6-4-3-5-11(12)13(15)16/h3-6,10H,2,7-9H2,1H3,(H,15,16). The van der Waals surface area contributed by atoms with Crippen molar-refractivity contribution in [1.82, 2.24) is 4.90 Å². The lowest BCUT2D eigenvalue weighted by Crippen LogP contribution is -2.25. The summed E-state index contributed by atoms with van der Waals surface area (Å²) in [5, 5.41) is 9.05. The van der Waals surface area contributed by atoms with Crippen LogP contribution in [0.15, 0.2) is 24.3 Å². The van der Waals surface area contributed by atoms with Crippen LogP contribution in [-0.4, -0.2) is 41.7 Å². The molecule has 1 saturated heterocycles. The van der Waals surface area contributed by atoms with Crippen LogP contribution in [-0.2, 0) is 0 Å². The van der Waals surface area contributed by atoms with Crippen LogP contribution in [0.3, 0.4) is 0 Å². The molecule has 17 heavy (non-hydrogen) atoms. The van der Waals surface area contributed by atoms with Crippen molar-refractivity contribution in [2.75, 3.05) is 19.6 Å². The van der Waals surface area contributed by atoms with Gasteiger partial charge in [-0.25, -0.2) is 4.79 Å². The molecule has 1 unspecified atom stereocenters. The van der Waals surface area contributed by atoms with Gasteiger partial charge in [-0.05, 0) is 25.1 Å². The first-order valence-electron chi connectivity index (χ1n) is 5.92. The van der Waals surface area contributed by atoms with Crippen LogP contribution in [0.2, 0.25) is 0 Å². The molecule has 1 heterocycles. The fourth-order valence-corrected chi connectivity index (χ4v) is 2.11. The van der Waals surface area contributed by atoms with Crippen LogP contribution in [0, 0.1) is 0 Å². The van der Waals surface area contributed by atoms with Crippen LogP contribution >= 0.6 is 0 Å². The molecule has 92 valence electrons. The highest BCUT2D eigenvalue weighted by molar-refractivity contribution is 5.90. The van der Waals surface area contributed by atoms with E-state index < -0.39 is 5.97 Å². The summed E-state index contributed by atoms with van der Waals surface area (Å²) in [6, 6.07) is 6.81. The zero-order chi connectivity index (χ0) is 12.3. The third-order valence-corrected chi connectivity index (χ3v) is 3.09. The Morgan fingerprint density at radius 2 is 2.29 bits per heavy atom. The third-order valence-electron chi connectivity index (χ3n) is 3.09. The van der Waals surface area contributed by atoms with E-state index in [-0.39, 0.29) is 11.7 Å². The number of aromatic carboxylic acids is 1. The van der Waals surface area contributed by atoms with E-state index in [9.17, 15) is 4.79 Å². The average molecular weight is 235 g/mol. The van der Waals surface area contributed by atoms with Gasteiger partial charge in [-0.2, -0.15) is 0 Å². The van der Waals surface area contributed by atoms with Crippen LogP contribution in [0.25, 0.3) is 0 Å². The third kappa shape index (κ3) is 2.77. The maximum atomic E-state index is 11.0. The van der Waals surface area contributed by atoms with Crippen molar-refractivity contribution in [2.45, 2.75) is 19.4 Å². The molecule has 4 nitrogen and oxygen atoms in total. The summed E-state index contributed by atoms with van der Waals surface area (Å²) in [4.78, 5) is 13.3. The van der Waals surface area contributed by atoms with E-state index in [4.69, 9.17) is 9.84 Å². The number of para-hydroxylation sites is 1. The Hall–Kier alpha value is -1.55. The molecule has 0 aliphatic carbocycles. The van der Waals surface area contributed by atoms with E-state index in [2.05, 4.69) is 11.8 Å². The van der Waals surface area contributed by atoms with Gasteiger partial charge in [-0.15, -0.1) is 0 Å². The molecule has 1 atom stereocenters. The number of carbonyl (C=O) groups is 1. The topological polar surface area (TPSA) is 49.8 Å². The van der Waals surface area contributed by atoms with E-state index >= 15 is 0 Å². The summed E-state index contributed by atoms with van der Waals surface area (Å²) in [7, 11) is 0. The lowest BCUT2D eigenvalue weighted by molar-refractivity contribution is 0.0689. The lowest BCUT2D eigenvalue weighted by Gasteiger charge is -2.16. The van der Waals surface area contributed by atoms with E-state index in [1.165, 1.54) is 0 Å². The first-order valence-corrected chi connectivity index (χ1v) is 5.92. The first kappa shape index (κ1) is 11.9. The molecule has 0 saturated carbocycles. The Labute approximate surface area is 101 Å². The second-order valence-corrected chi connectivity index (χ2v) is 4.22. The first-order chi connectivity index (χ1) is 8.20. The number of benzene rings is 1. The molecule has 1 aliphatic rings. The van der Waals surface area contributed by atoms with Crippen molar-refractivity contribution in [1.29, 1.82) is 0 Å². The van der Waals surface area contributed by atoms with Crippen molar-refractivity contribution in [3.8, 4) is 5.75 Å². The number of carboxylic acids is 1. The maximum absolute atomic E-state index is 11.0. The van der Waals surface area contributed by atoms with Crippen molar-refractivity contribution in [2.24, 2.45) is 0 Å². The highest BCUT2D eigenvalue weighted by Gasteiger charge is 2.24. The molecule has 0 spiro atoms. The molecule has 1 fully saturated rings. The minimum absolute atomic E-state index is 0.107. The molecule has 0 bridgehead atoms. The van der Waals surface area contributed by atoms with Crippen LogP contribution in [0.5, 0.6) is 5.75 Å². The Balaban J connectivity index is 2.06. The number of likely N-dealkylation sites (N-methyl/N-ethyl adjacent to an activating group) is 1. The largest absolute Gasteiger partial charge is 0.488 e. The molecule has 0 aromatic heterocycles. The van der Waals surface area contributed by atoms with E-state index in [0.29, 0.717) is 5.75 Å². The normalized spacial score (nSPS) is 20.4. The SMILES string of the molecule is CCN1CCC(Oc2ccccc2C(=O)O)C1. The fourth-order valence-electron chi connectivity index (χ4n) is 2.11. The van der Waals surface area contributed by atoms with E-state index in [1.807, 2.05) is 0 Å². The number of likely N-dealkylation sites (tertiary alicyclic amines) is 1. The highest BCUT2D eigenvalue weighted by Crippen LogP contribution is 2.22. The smallest absolute Gasteiger partial charge is 0.339 e. The highest BCUT2D eigenvalue weighted by atomic mass is 16.5. The lowest BCUT2D eigenvalue weighted by atomic mass is 10.2. The predicted molar refractivity (Wildman–Crippen MR) is 64.5 cm³/mol. The maximum Gasteiger partial charge on any atom is 0.339 e. The average Bonchev–Trinajstić information content (AvgIpc) is 2.77. The fraction of sp³-hybridized carbons (Fsp3) is 0.462. The van der Waals surface area contributed by atoms with Gasteiger partial charge < -0.3 is 9.84 Å². The number of rotatable bonds is 4. The van der Waals surface area contributed by atoms with Gasteiger partial charge in [-0.3, -0.25) is 4.90 Å². The van der Waals surface area contributed by atoms with Gasteiger partial charge >= 0.3 is 5.97 Å². The van der Waals surface area contributed by atoms with Crippen molar-refractivity contribution >= 4 is 5.97 Å². The zero-order valence-electron chi connectivity index (χ0n) is 9.93. The predicted octanol–water partition coefficient (Wildman–Crippen LogP) is 1.86. The Kier molecular flexibility index (Phi) is 3.64. The molecular formula is C13H17NO3. The van der Waals surface area contributed by atoms with Crippen LogP contribution in [0.4, 0.5) is 0 Å². The minimum Gasteiger partial charge on any atom is -0.488 e. The molecule has 2 rings (SSSR count). The number of carboxylic acid groups (broad SMARTS) is 1. The van der Waals surface area contributed by atoms with Crippen molar-refractivity contribution < 1.29 is 14.6 Å². The molecule has 1 aromatic carbocycles. The Bertz CT molecular complexity index is 405. The molecule has 1 aliphatic heterocycles. The second-order valence-electron chi connectivity index (χ2n) is 4.22. The van der Waals surface area contributed by atoms with Crippen LogP contribution < -0.4 is 4.74 Å². The van der Waals surface area contributed by atoms with Gasteiger partial charge in [0.2, 0.25) is 0 Å². The van der Waals surface area contributed by atoms with Gasteiger partial charge in [0.15, 0.2) is 0 Å². The summed E-state index contributed by atoms with van der Waals surface area (Å²) in [6.45, 7) is 5.04. The number of hydrogen-bond donors (Lipinski definition) is 1. The molecular weight excluding hydrogens is 218 g/mol. The molecule has 4 heteroatoms. The summed E-state index contributed by atoms with van der Waals surface area (Å²) in [5.41, 5.74) is 0.238. The monoisotopic (exact) mass is 235 g/mol. The Morgan fingerprint density at radius 1 is 1.53 bits per heavy atom. The minimum atomic E-state index is -0.939. The second kappa shape index (κ2) is 5.19. The van der Waals surface area contributed by atoms with Gasteiger partial charge in [0.05, 0.1) is 0 Å². The van der Waals surface area contributed by atoms with Gasteiger partial charge in [0.25, 0.3) is 0 Å². The van der Waals surface area contributed by atoms with Crippen LogP contribution in [0.1, 0.15) is 23.7 Å². The van der Waals surface area contributed by atoms with E-state index in [1.54, 1.807) is 24.3 Å². The quantitative estimate of drug-likeness (QED) is 0.865. The molecule has 0 radical (unpaired) electrons. The van der Waals surface area contributed by atoms with Crippen molar-refractivity contribution in [3.63, 3.8) is 0 Å². The molecule has 1 aromatic rings. The van der Waals surface area contributed by atoms with Crippen molar-refractivity contribution in [3.05, 3.63) is 29.8 Å². The number of nitrogens with zero attached hydrogens (tertiary/aromatic N) is 1. The summed E-state index contributed by atoms with van der Waals surface area (Å²) in [6.07, 6.45) is 1.07.